The van der Waals surface area contributed by atoms with Crippen LogP contribution in [0, 0.1) is 29.6 Å². The first-order valence-corrected chi connectivity index (χ1v) is 10.4. The minimum Gasteiger partial charge on any atom is -0.427 e. The lowest BCUT2D eigenvalue weighted by Crippen LogP contribution is -2.55. The van der Waals surface area contributed by atoms with Crippen molar-refractivity contribution in [3.05, 3.63) is 28.8 Å². The number of benzene rings is 1. The van der Waals surface area contributed by atoms with E-state index in [1.165, 1.54) is 50.2 Å². The second kappa shape index (κ2) is 5.59. The molecule has 0 saturated heterocycles. The summed E-state index contributed by atoms with van der Waals surface area (Å²) >= 11 is 0. The highest BCUT2D eigenvalue weighted by Gasteiger charge is 2.61. The van der Waals surface area contributed by atoms with Crippen molar-refractivity contribution in [2.24, 2.45) is 22.7 Å². The van der Waals surface area contributed by atoms with Gasteiger partial charge < -0.3 is 4.74 Å². The van der Waals surface area contributed by atoms with Crippen molar-refractivity contribution in [1.29, 1.82) is 0 Å². The lowest BCUT2D eigenvalue weighted by molar-refractivity contribution is -0.131. The topological polar surface area (TPSA) is 26.3 Å². The van der Waals surface area contributed by atoms with Crippen LogP contribution < -0.4 is 4.74 Å². The third-order valence-corrected chi connectivity index (χ3v) is 8.44. The molecule has 0 spiro atoms. The summed E-state index contributed by atoms with van der Waals surface area (Å²) in [5.74, 6) is 2.02. The molecule has 0 N–H and O–H groups in total. The number of rotatable bonds is 1. The predicted molar refractivity (Wildman–Crippen MR) is 105 cm³/mol. The van der Waals surface area contributed by atoms with Gasteiger partial charge in [0.2, 0.25) is 0 Å². The highest BCUT2D eigenvalue weighted by molar-refractivity contribution is 5.69. The first kappa shape index (κ1) is 18.1. The summed E-state index contributed by atoms with van der Waals surface area (Å²) in [6.45, 7) is 13.8. The molecule has 0 amide bonds. The fourth-order valence-electron chi connectivity index (χ4n) is 7.65. The van der Waals surface area contributed by atoms with Crippen LogP contribution in [-0.2, 0) is 16.6 Å². The molecule has 0 heterocycles. The summed E-state index contributed by atoms with van der Waals surface area (Å²) in [5.41, 5.74) is 5.44. The van der Waals surface area contributed by atoms with Crippen LogP contribution in [0.3, 0.4) is 0 Å². The van der Waals surface area contributed by atoms with Crippen LogP contribution in [0.2, 0.25) is 0 Å². The first-order chi connectivity index (χ1) is 12.1. The highest BCUT2D eigenvalue weighted by Crippen LogP contribution is 2.67. The van der Waals surface area contributed by atoms with E-state index in [1.807, 2.05) is 0 Å². The number of carbonyl (C=O) groups is 1. The van der Waals surface area contributed by atoms with Crippen LogP contribution >= 0.6 is 0 Å². The van der Waals surface area contributed by atoms with E-state index in [2.05, 4.69) is 46.8 Å². The van der Waals surface area contributed by atoms with Crippen LogP contribution in [0.4, 0.5) is 0 Å². The van der Waals surface area contributed by atoms with Crippen LogP contribution in [-0.4, -0.2) is 5.97 Å². The molecule has 1 unspecified atom stereocenters. The van der Waals surface area contributed by atoms with Crippen molar-refractivity contribution in [2.75, 3.05) is 0 Å². The Hall–Kier alpha value is -1.31. The molecule has 2 saturated carbocycles. The van der Waals surface area contributed by atoms with Crippen molar-refractivity contribution in [3.63, 3.8) is 0 Å². The number of hydrogen-bond donors (Lipinski definition) is 0. The fourth-order valence-corrected chi connectivity index (χ4v) is 7.65. The monoisotopic (exact) mass is 354 g/mol. The van der Waals surface area contributed by atoms with E-state index >= 15 is 0 Å². The highest BCUT2D eigenvalue weighted by atomic mass is 16.5. The molecule has 3 aliphatic rings. The smallest absolute Gasteiger partial charge is 0.308 e. The van der Waals surface area contributed by atoms with Gasteiger partial charge in [0.1, 0.15) is 5.75 Å². The standard InChI is InChI=1S/C24H34O2/c1-15-12-18(26-16(2)25)13-17-14-20-23(5)10-7-9-22(3,4)19(23)8-11-24(20,6)21(15)17/h12-13,19-20H,7-11,14H2,1-6H3/t19?,20-,23+,24-/m1/s1. The van der Waals surface area contributed by atoms with Gasteiger partial charge in [0.25, 0.3) is 0 Å². The molecular weight excluding hydrogens is 320 g/mol. The molecule has 0 radical (unpaired) electrons. The third-order valence-electron chi connectivity index (χ3n) is 8.44. The van der Waals surface area contributed by atoms with E-state index in [1.54, 1.807) is 5.56 Å². The Bertz CT molecular complexity index is 762. The maximum atomic E-state index is 11.4. The zero-order chi connectivity index (χ0) is 18.9. The molecule has 4 atom stereocenters. The Kier molecular flexibility index (Phi) is 3.89. The molecule has 2 heteroatoms. The summed E-state index contributed by atoms with van der Waals surface area (Å²) in [6.07, 6.45) is 7.89. The molecular formula is C24H34O2. The van der Waals surface area contributed by atoms with Crippen molar-refractivity contribution in [2.45, 2.75) is 85.5 Å². The molecule has 1 aromatic rings. The maximum Gasteiger partial charge on any atom is 0.308 e. The van der Waals surface area contributed by atoms with Gasteiger partial charge in [-0.3, -0.25) is 4.79 Å². The minimum absolute atomic E-state index is 0.230. The molecule has 0 bridgehead atoms. The lowest BCUT2D eigenvalue weighted by Gasteiger charge is -2.61. The summed E-state index contributed by atoms with van der Waals surface area (Å²) in [7, 11) is 0. The third kappa shape index (κ3) is 2.40. The van der Waals surface area contributed by atoms with E-state index in [0.717, 1.165) is 18.1 Å². The molecule has 3 aliphatic carbocycles. The lowest BCUT2D eigenvalue weighted by atomic mass is 9.43. The number of carbonyl (C=O) groups excluding carboxylic acids is 1. The van der Waals surface area contributed by atoms with Gasteiger partial charge in [0.15, 0.2) is 0 Å². The zero-order valence-electron chi connectivity index (χ0n) is 17.4. The maximum absolute atomic E-state index is 11.4. The van der Waals surface area contributed by atoms with Gasteiger partial charge in [-0.25, -0.2) is 0 Å². The van der Waals surface area contributed by atoms with Gasteiger partial charge in [-0.2, -0.15) is 0 Å². The SMILES string of the molecule is CC(=O)Oc1cc(C)c2c(c1)C[C@H]1[C@@]2(C)CCC2C(C)(C)CCC[C@@]21C. The molecule has 0 aromatic heterocycles. The Labute approximate surface area is 158 Å². The Balaban J connectivity index is 1.78. The molecule has 2 nitrogen and oxygen atoms in total. The van der Waals surface area contributed by atoms with Gasteiger partial charge in [-0.15, -0.1) is 0 Å². The normalized spacial score (nSPS) is 37.5. The van der Waals surface area contributed by atoms with Gasteiger partial charge in [0.05, 0.1) is 0 Å². The number of esters is 1. The largest absolute Gasteiger partial charge is 0.427 e. The van der Waals surface area contributed by atoms with Crippen molar-refractivity contribution in [1.82, 2.24) is 0 Å². The number of aryl methyl sites for hydroxylation is 1. The van der Waals surface area contributed by atoms with Crippen molar-refractivity contribution < 1.29 is 9.53 Å². The number of ether oxygens (including phenoxy) is 1. The van der Waals surface area contributed by atoms with Crippen LogP contribution in [0.25, 0.3) is 0 Å². The van der Waals surface area contributed by atoms with Gasteiger partial charge in [-0.1, -0.05) is 34.1 Å². The van der Waals surface area contributed by atoms with Crippen LogP contribution in [0.1, 0.15) is 83.4 Å². The zero-order valence-corrected chi connectivity index (χ0v) is 17.4. The molecule has 2 fully saturated rings. The van der Waals surface area contributed by atoms with E-state index in [0.29, 0.717) is 16.7 Å². The summed E-state index contributed by atoms with van der Waals surface area (Å²) in [6, 6.07) is 4.23. The van der Waals surface area contributed by atoms with E-state index < -0.39 is 0 Å². The quantitative estimate of drug-likeness (QED) is 0.458. The van der Waals surface area contributed by atoms with Gasteiger partial charge >= 0.3 is 5.97 Å². The van der Waals surface area contributed by atoms with E-state index in [9.17, 15) is 4.79 Å². The minimum atomic E-state index is -0.230. The van der Waals surface area contributed by atoms with Gasteiger partial charge in [-0.05, 0) is 95.9 Å². The molecule has 26 heavy (non-hydrogen) atoms. The summed E-state index contributed by atoms with van der Waals surface area (Å²) < 4.78 is 5.43. The average molecular weight is 355 g/mol. The summed E-state index contributed by atoms with van der Waals surface area (Å²) in [4.78, 5) is 11.4. The average Bonchev–Trinajstić information content (AvgIpc) is 2.80. The Morgan fingerprint density at radius 3 is 2.50 bits per heavy atom. The molecule has 1 aromatic carbocycles. The number of fused-ring (bicyclic) bond motifs is 5. The van der Waals surface area contributed by atoms with E-state index in [4.69, 9.17) is 4.74 Å². The van der Waals surface area contributed by atoms with Crippen molar-refractivity contribution in [3.8, 4) is 5.75 Å². The molecule has 142 valence electrons. The van der Waals surface area contributed by atoms with Crippen molar-refractivity contribution >= 4 is 5.97 Å². The predicted octanol–water partition coefficient (Wildman–Crippen LogP) is 5.98. The Morgan fingerprint density at radius 2 is 1.81 bits per heavy atom. The molecule has 0 aliphatic heterocycles. The van der Waals surface area contributed by atoms with Crippen LogP contribution in [0.15, 0.2) is 12.1 Å². The van der Waals surface area contributed by atoms with Gasteiger partial charge in [0, 0.05) is 6.92 Å². The van der Waals surface area contributed by atoms with Crippen LogP contribution in [0.5, 0.6) is 5.75 Å². The molecule has 4 rings (SSSR count). The fraction of sp³-hybridized carbons (Fsp3) is 0.708. The number of hydrogen-bond acceptors (Lipinski definition) is 2. The Morgan fingerprint density at radius 1 is 1.08 bits per heavy atom. The second-order valence-corrected chi connectivity index (χ2v) is 10.5. The second-order valence-electron chi connectivity index (χ2n) is 10.5. The summed E-state index contributed by atoms with van der Waals surface area (Å²) in [5, 5.41) is 0. The first-order valence-electron chi connectivity index (χ1n) is 10.4. The van der Waals surface area contributed by atoms with E-state index in [-0.39, 0.29) is 11.4 Å².